The Morgan fingerprint density at radius 1 is 1.23 bits per heavy atom. The first kappa shape index (κ1) is 16.0. The number of carbonyl (C=O) groups is 2. The topological polar surface area (TPSA) is 68.3 Å². The minimum Gasteiger partial charge on any atom is -0.469 e. The molecule has 0 fully saturated rings. The third kappa shape index (κ3) is 4.30. The fourth-order valence-electron chi connectivity index (χ4n) is 1.93. The first-order valence-corrected chi connectivity index (χ1v) is 7.02. The van der Waals surface area contributed by atoms with Crippen molar-refractivity contribution < 1.29 is 14.3 Å². The third-order valence-electron chi connectivity index (χ3n) is 3.07. The standard InChI is InChI=1S/C16H15ClN2O3/c1-22-15(20)10-14(11-5-7-12(17)8-6-11)19-16(21)13-4-2-3-9-18-13/h2-9,14H,10H2,1H3,(H,19,21)/t14-/m0/s1. The molecular formula is C16H15ClN2O3. The third-order valence-corrected chi connectivity index (χ3v) is 3.33. The number of carbonyl (C=O) groups excluding carboxylic acids is 2. The van der Waals surface area contributed by atoms with E-state index >= 15 is 0 Å². The van der Waals surface area contributed by atoms with Gasteiger partial charge in [0, 0.05) is 11.2 Å². The first-order valence-electron chi connectivity index (χ1n) is 6.64. The highest BCUT2D eigenvalue weighted by atomic mass is 35.5. The van der Waals surface area contributed by atoms with E-state index in [9.17, 15) is 9.59 Å². The number of methoxy groups -OCH3 is 1. The number of benzene rings is 1. The minimum atomic E-state index is -0.515. The Morgan fingerprint density at radius 3 is 2.55 bits per heavy atom. The van der Waals surface area contributed by atoms with Crippen molar-refractivity contribution in [1.82, 2.24) is 10.3 Å². The molecule has 1 aromatic heterocycles. The zero-order valence-corrected chi connectivity index (χ0v) is 12.7. The predicted molar refractivity (Wildman–Crippen MR) is 82.5 cm³/mol. The molecule has 1 aromatic carbocycles. The molecule has 0 saturated carbocycles. The van der Waals surface area contributed by atoms with E-state index in [2.05, 4.69) is 15.0 Å². The fourth-order valence-corrected chi connectivity index (χ4v) is 2.05. The molecule has 0 unspecified atom stereocenters. The van der Waals surface area contributed by atoms with E-state index in [0.29, 0.717) is 5.02 Å². The number of pyridine rings is 1. The van der Waals surface area contributed by atoms with Crippen LogP contribution >= 0.6 is 11.6 Å². The summed E-state index contributed by atoms with van der Waals surface area (Å²) >= 11 is 5.86. The number of ether oxygens (including phenoxy) is 1. The molecule has 6 heteroatoms. The monoisotopic (exact) mass is 318 g/mol. The van der Waals surface area contributed by atoms with E-state index in [-0.39, 0.29) is 18.0 Å². The van der Waals surface area contributed by atoms with Crippen molar-refractivity contribution in [3.63, 3.8) is 0 Å². The summed E-state index contributed by atoms with van der Waals surface area (Å²) in [5.41, 5.74) is 1.05. The van der Waals surface area contributed by atoms with Gasteiger partial charge in [-0.1, -0.05) is 29.8 Å². The molecule has 0 aliphatic carbocycles. The Hall–Kier alpha value is -2.40. The van der Waals surface area contributed by atoms with Crippen LogP contribution in [0.25, 0.3) is 0 Å². The molecule has 22 heavy (non-hydrogen) atoms. The lowest BCUT2D eigenvalue weighted by atomic mass is 10.0. The molecule has 1 heterocycles. The Kier molecular flexibility index (Phi) is 5.49. The van der Waals surface area contributed by atoms with E-state index in [4.69, 9.17) is 11.6 Å². The summed E-state index contributed by atoms with van der Waals surface area (Å²) in [5.74, 6) is -0.772. The zero-order valence-electron chi connectivity index (χ0n) is 12.0. The van der Waals surface area contributed by atoms with Crippen LogP contribution < -0.4 is 5.32 Å². The fraction of sp³-hybridized carbons (Fsp3) is 0.188. The molecule has 1 N–H and O–H groups in total. The number of rotatable bonds is 5. The zero-order chi connectivity index (χ0) is 15.9. The lowest BCUT2D eigenvalue weighted by molar-refractivity contribution is -0.141. The number of hydrogen-bond acceptors (Lipinski definition) is 4. The number of aromatic nitrogens is 1. The summed E-state index contributed by atoms with van der Waals surface area (Å²) in [6, 6.07) is 11.5. The van der Waals surface area contributed by atoms with Gasteiger partial charge in [-0.25, -0.2) is 0 Å². The molecule has 114 valence electrons. The number of esters is 1. The second-order valence-electron chi connectivity index (χ2n) is 4.57. The predicted octanol–water partition coefficient (Wildman–Crippen LogP) is 2.77. The average Bonchev–Trinajstić information content (AvgIpc) is 2.55. The van der Waals surface area contributed by atoms with Gasteiger partial charge in [-0.3, -0.25) is 14.6 Å². The number of halogens is 1. The molecular weight excluding hydrogens is 304 g/mol. The lowest BCUT2D eigenvalue weighted by Gasteiger charge is -2.18. The van der Waals surface area contributed by atoms with Gasteiger partial charge in [-0.2, -0.15) is 0 Å². The molecule has 0 saturated heterocycles. The molecule has 1 atom stereocenters. The van der Waals surface area contributed by atoms with Gasteiger partial charge < -0.3 is 10.1 Å². The van der Waals surface area contributed by atoms with Crippen LogP contribution in [0.5, 0.6) is 0 Å². The molecule has 0 aliphatic rings. The molecule has 2 aromatic rings. The summed E-state index contributed by atoms with van der Waals surface area (Å²) in [5, 5.41) is 3.37. The van der Waals surface area contributed by atoms with Crippen LogP contribution in [0.1, 0.15) is 28.5 Å². The average molecular weight is 319 g/mol. The van der Waals surface area contributed by atoms with Gasteiger partial charge in [0.2, 0.25) is 0 Å². The van der Waals surface area contributed by atoms with Crippen molar-refractivity contribution in [3.05, 3.63) is 64.9 Å². The Morgan fingerprint density at radius 2 is 1.95 bits per heavy atom. The van der Waals surface area contributed by atoms with E-state index in [0.717, 1.165) is 5.56 Å². The van der Waals surface area contributed by atoms with Crippen molar-refractivity contribution in [2.24, 2.45) is 0 Å². The highest BCUT2D eigenvalue weighted by Crippen LogP contribution is 2.20. The normalized spacial score (nSPS) is 11.5. The second-order valence-corrected chi connectivity index (χ2v) is 5.01. The lowest BCUT2D eigenvalue weighted by Crippen LogP contribution is -2.31. The summed E-state index contributed by atoms with van der Waals surface area (Å²) in [6.07, 6.45) is 1.56. The van der Waals surface area contributed by atoms with Gasteiger partial charge in [0.15, 0.2) is 0 Å². The second kappa shape index (κ2) is 7.56. The quantitative estimate of drug-likeness (QED) is 0.861. The van der Waals surface area contributed by atoms with E-state index in [1.807, 2.05) is 0 Å². The highest BCUT2D eigenvalue weighted by Gasteiger charge is 2.20. The van der Waals surface area contributed by atoms with Gasteiger partial charge in [0.25, 0.3) is 5.91 Å². The minimum absolute atomic E-state index is 0.0245. The Balaban J connectivity index is 2.19. The highest BCUT2D eigenvalue weighted by molar-refractivity contribution is 6.30. The van der Waals surface area contributed by atoms with E-state index < -0.39 is 12.0 Å². The van der Waals surface area contributed by atoms with Crippen LogP contribution in [0.15, 0.2) is 48.7 Å². The van der Waals surface area contributed by atoms with Crippen LogP contribution in [0.4, 0.5) is 0 Å². The van der Waals surface area contributed by atoms with Crippen LogP contribution in [0.3, 0.4) is 0 Å². The maximum absolute atomic E-state index is 12.2. The smallest absolute Gasteiger partial charge is 0.307 e. The van der Waals surface area contributed by atoms with Crippen molar-refractivity contribution in [2.75, 3.05) is 7.11 Å². The largest absolute Gasteiger partial charge is 0.469 e. The Bertz CT molecular complexity index is 644. The van der Waals surface area contributed by atoms with Crippen LogP contribution in [-0.4, -0.2) is 24.0 Å². The van der Waals surface area contributed by atoms with Gasteiger partial charge in [-0.15, -0.1) is 0 Å². The summed E-state index contributed by atoms with van der Waals surface area (Å²) in [7, 11) is 1.31. The molecule has 0 spiro atoms. The SMILES string of the molecule is COC(=O)C[C@H](NC(=O)c1ccccn1)c1ccc(Cl)cc1. The maximum atomic E-state index is 12.2. The van der Waals surface area contributed by atoms with Crippen molar-refractivity contribution >= 4 is 23.5 Å². The number of amides is 1. The van der Waals surface area contributed by atoms with Gasteiger partial charge in [0.1, 0.15) is 5.69 Å². The van der Waals surface area contributed by atoms with Gasteiger partial charge in [0.05, 0.1) is 19.6 Å². The first-order chi connectivity index (χ1) is 10.6. The summed E-state index contributed by atoms with van der Waals surface area (Å²) in [6.45, 7) is 0. The van der Waals surface area contributed by atoms with Crippen LogP contribution in [0.2, 0.25) is 5.02 Å². The van der Waals surface area contributed by atoms with E-state index in [1.54, 1.807) is 42.5 Å². The van der Waals surface area contributed by atoms with Gasteiger partial charge >= 0.3 is 5.97 Å². The van der Waals surface area contributed by atoms with E-state index in [1.165, 1.54) is 13.3 Å². The molecule has 0 bridgehead atoms. The number of nitrogens with zero attached hydrogens (tertiary/aromatic N) is 1. The molecule has 1 amide bonds. The Labute approximate surface area is 133 Å². The van der Waals surface area contributed by atoms with Crippen molar-refractivity contribution in [1.29, 1.82) is 0 Å². The molecule has 2 rings (SSSR count). The summed E-state index contributed by atoms with van der Waals surface area (Å²) in [4.78, 5) is 27.8. The number of hydrogen-bond donors (Lipinski definition) is 1. The number of nitrogens with one attached hydrogen (secondary N) is 1. The van der Waals surface area contributed by atoms with Crippen LogP contribution in [0, 0.1) is 0 Å². The van der Waals surface area contributed by atoms with Crippen LogP contribution in [-0.2, 0) is 9.53 Å². The van der Waals surface area contributed by atoms with Crippen molar-refractivity contribution in [3.8, 4) is 0 Å². The molecule has 0 aliphatic heterocycles. The molecule has 5 nitrogen and oxygen atoms in total. The van der Waals surface area contributed by atoms with Gasteiger partial charge in [-0.05, 0) is 29.8 Å². The van der Waals surface area contributed by atoms with Crippen molar-refractivity contribution in [2.45, 2.75) is 12.5 Å². The summed E-state index contributed by atoms with van der Waals surface area (Å²) < 4.78 is 4.68. The maximum Gasteiger partial charge on any atom is 0.307 e. The molecule has 0 radical (unpaired) electrons.